The molecule has 0 aliphatic rings. The number of carbonyl (C=O) groups is 1. The molecule has 1 rings (SSSR count). The van der Waals surface area contributed by atoms with Crippen LogP contribution < -0.4 is 0 Å². The summed E-state index contributed by atoms with van der Waals surface area (Å²) in [7, 11) is 1.72. The number of hydrogen-bond acceptors (Lipinski definition) is 4. The van der Waals surface area contributed by atoms with Crippen LogP contribution in [0, 0.1) is 10.1 Å². The van der Waals surface area contributed by atoms with Gasteiger partial charge < -0.3 is 4.90 Å². The van der Waals surface area contributed by atoms with Crippen LogP contribution >= 0.6 is 23.4 Å². The zero-order valence-corrected chi connectivity index (χ0v) is 13.2. The highest BCUT2D eigenvalue weighted by Crippen LogP contribution is 2.26. The molecule has 0 heterocycles. The zero-order valence-electron chi connectivity index (χ0n) is 11.6. The molecule has 0 aromatic heterocycles. The fourth-order valence-corrected chi connectivity index (χ4v) is 2.88. The maximum atomic E-state index is 12.4. The Labute approximate surface area is 127 Å². The summed E-state index contributed by atoms with van der Waals surface area (Å²) >= 11 is 7.41. The van der Waals surface area contributed by atoms with Crippen molar-refractivity contribution in [3.05, 3.63) is 38.9 Å². The molecule has 1 amide bonds. The normalized spacial score (nSPS) is 12.0. The van der Waals surface area contributed by atoms with Crippen molar-refractivity contribution in [3.8, 4) is 0 Å². The molecule has 0 saturated heterocycles. The van der Waals surface area contributed by atoms with E-state index in [4.69, 9.17) is 11.6 Å². The first-order valence-corrected chi connectivity index (χ1v) is 7.89. The first-order valence-electron chi connectivity index (χ1n) is 6.12. The van der Waals surface area contributed by atoms with E-state index < -0.39 is 4.92 Å². The summed E-state index contributed by atoms with van der Waals surface area (Å²) < 4.78 is 0. The minimum Gasteiger partial charge on any atom is -0.338 e. The standard InChI is InChI=1S/C13H17ClN2O3S/c1-4-10(8-20-3)15(2)13(17)9-5-6-11(14)12(7-9)16(18)19/h5-7,10H,4,8H2,1-3H3. The lowest BCUT2D eigenvalue weighted by molar-refractivity contribution is -0.384. The topological polar surface area (TPSA) is 63.5 Å². The van der Waals surface area contributed by atoms with Crippen molar-refractivity contribution in [2.24, 2.45) is 0 Å². The summed E-state index contributed by atoms with van der Waals surface area (Å²) in [6.45, 7) is 2.01. The summed E-state index contributed by atoms with van der Waals surface area (Å²) in [6, 6.07) is 4.23. The Morgan fingerprint density at radius 2 is 2.20 bits per heavy atom. The van der Waals surface area contributed by atoms with Gasteiger partial charge in [-0.1, -0.05) is 18.5 Å². The van der Waals surface area contributed by atoms with Crippen LogP contribution in [0.1, 0.15) is 23.7 Å². The summed E-state index contributed by atoms with van der Waals surface area (Å²) in [4.78, 5) is 24.3. The van der Waals surface area contributed by atoms with Crippen LogP contribution in [0.4, 0.5) is 5.69 Å². The number of rotatable bonds is 6. The molecule has 0 spiro atoms. The lowest BCUT2D eigenvalue weighted by Gasteiger charge is -2.26. The van der Waals surface area contributed by atoms with Crippen LogP contribution in [0.5, 0.6) is 0 Å². The van der Waals surface area contributed by atoms with Gasteiger partial charge in [0.05, 0.1) is 4.92 Å². The molecule has 110 valence electrons. The summed E-state index contributed by atoms with van der Waals surface area (Å²) in [5, 5.41) is 10.9. The Bertz CT molecular complexity index is 510. The third-order valence-corrected chi connectivity index (χ3v) is 4.13. The Morgan fingerprint density at radius 1 is 1.55 bits per heavy atom. The second-order valence-electron chi connectivity index (χ2n) is 4.36. The van der Waals surface area contributed by atoms with E-state index >= 15 is 0 Å². The Hall–Kier alpha value is -1.27. The second kappa shape index (κ2) is 7.50. The van der Waals surface area contributed by atoms with Crippen LogP contribution in [-0.4, -0.2) is 40.8 Å². The van der Waals surface area contributed by atoms with Crippen LogP contribution in [0.15, 0.2) is 18.2 Å². The average molecular weight is 317 g/mol. The molecule has 0 aliphatic carbocycles. The van der Waals surface area contributed by atoms with Crippen LogP contribution in [0.3, 0.4) is 0 Å². The largest absolute Gasteiger partial charge is 0.338 e. The number of nitrogens with zero attached hydrogens (tertiary/aromatic N) is 2. The first kappa shape index (κ1) is 16.8. The lowest BCUT2D eigenvalue weighted by atomic mass is 10.1. The van der Waals surface area contributed by atoms with E-state index in [1.54, 1.807) is 23.7 Å². The third-order valence-electron chi connectivity index (χ3n) is 3.09. The molecule has 0 fully saturated rings. The van der Waals surface area contributed by atoms with Gasteiger partial charge in [0.2, 0.25) is 0 Å². The molecule has 1 aromatic rings. The van der Waals surface area contributed by atoms with Gasteiger partial charge in [-0.05, 0) is 24.8 Å². The van der Waals surface area contributed by atoms with Gasteiger partial charge in [-0.25, -0.2) is 0 Å². The zero-order chi connectivity index (χ0) is 15.3. The van der Waals surface area contributed by atoms with Crippen molar-refractivity contribution in [3.63, 3.8) is 0 Å². The fraction of sp³-hybridized carbons (Fsp3) is 0.462. The van der Waals surface area contributed by atoms with Gasteiger partial charge in [0, 0.05) is 30.5 Å². The minimum absolute atomic E-state index is 0.0327. The number of thioether (sulfide) groups is 1. The van der Waals surface area contributed by atoms with Crippen molar-refractivity contribution in [1.82, 2.24) is 4.90 Å². The van der Waals surface area contributed by atoms with E-state index in [0.717, 1.165) is 12.2 Å². The number of carbonyl (C=O) groups excluding carboxylic acids is 1. The Morgan fingerprint density at radius 3 is 2.70 bits per heavy atom. The molecule has 0 bridgehead atoms. The monoisotopic (exact) mass is 316 g/mol. The summed E-state index contributed by atoms with van der Waals surface area (Å²) in [5.41, 5.74) is 0.0342. The third kappa shape index (κ3) is 3.86. The minimum atomic E-state index is -0.585. The quantitative estimate of drug-likeness (QED) is 0.595. The van der Waals surface area contributed by atoms with Crippen molar-refractivity contribution < 1.29 is 9.72 Å². The SMILES string of the molecule is CCC(CSC)N(C)C(=O)c1ccc(Cl)c([N+](=O)[O-])c1. The molecule has 0 radical (unpaired) electrons. The van der Waals surface area contributed by atoms with E-state index in [1.165, 1.54) is 18.2 Å². The molecular weight excluding hydrogens is 300 g/mol. The van der Waals surface area contributed by atoms with Gasteiger partial charge in [0.1, 0.15) is 5.02 Å². The molecule has 7 heteroatoms. The maximum absolute atomic E-state index is 12.4. The Balaban J connectivity index is 3.02. The fourth-order valence-electron chi connectivity index (χ4n) is 1.85. The van der Waals surface area contributed by atoms with E-state index in [2.05, 4.69) is 0 Å². The van der Waals surface area contributed by atoms with Crippen LogP contribution in [0.2, 0.25) is 5.02 Å². The number of halogens is 1. The highest BCUT2D eigenvalue weighted by Gasteiger charge is 2.22. The molecule has 1 atom stereocenters. The predicted octanol–water partition coefficient (Wildman–Crippen LogP) is 3.46. The van der Waals surface area contributed by atoms with Gasteiger partial charge in [-0.15, -0.1) is 0 Å². The average Bonchev–Trinajstić information content (AvgIpc) is 2.43. The molecule has 1 unspecified atom stereocenters. The summed E-state index contributed by atoms with van der Waals surface area (Å²) in [5.74, 6) is 0.597. The molecule has 1 aromatic carbocycles. The van der Waals surface area contributed by atoms with Gasteiger partial charge in [0.25, 0.3) is 11.6 Å². The van der Waals surface area contributed by atoms with Crippen molar-refractivity contribution >= 4 is 35.0 Å². The number of benzene rings is 1. The number of nitro groups is 1. The Kier molecular flexibility index (Phi) is 6.29. The van der Waals surface area contributed by atoms with E-state index in [9.17, 15) is 14.9 Å². The number of nitro benzene ring substituents is 1. The van der Waals surface area contributed by atoms with Gasteiger partial charge in [-0.2, -0.15) is 11.8 Å². The smallest absolute Gasteiger partial charge is 0.288 e. The molecule has 0 aliphatic heterocycles. The summed E-state index contributed by atoms with van der Waals surface area (Å²) in [6.07, 6.45) is 2.81. The van der Waals surface area contributed by atoms with Gasteiger partial charge in [-0.3, -0.25) is 14.9 Å². The molecule has 0 saturated carbocycles. The molecule has 20 heavy (non-hydrogen) atoms. The van der Waals surface area contributed by atoms with Crippen molar-refractivity contribution in [2.75, 3.05) is 19.1 Å². The second-order valence-corrected chi connectivity index (χ2v) is 5.67. The van der Waals surface area contributed by atoms with E-state index in [1.807, 2.05) is 13.2 Å². The molecular formula is C13H17ClN2O3S. The number of amides is 1. The lowest BCUT2D eigenvalue weighted by Crippen LogP contribution is -2.38. The van der Waals surface area contributed by atoms with Gasteiger partial charge in [0.15, 0.2) is 0 Å². The van der Waals surface area contributed by atoms with E-state index in [0.29, 0.717) is 0 Å². The predicted molar refractivity (Wildman–Crippen MR) is 82.7 cm³/mol. The van der Waals surface area contributed by atoms with Crippen LogP contribution in [0.25, 0.3) is 0 Å². The number of hydrogen-bond donors (Lipinski definition) is 0. The van der Waals surface area contributed by atoms with Crippen LogP contribution in [-0.2, 0) is 0 Å². The molecule has 5 nitrogen and oxygen atoms in total. The highest BCUT2D eigenvalue weighted by molar-refractivity contribution is 7.98. The first-order chi connectivity index (χ1) is 9.42. The maximum Gasteiger partial charge on any atom is 0.288 e. The van der Waals surface area contributed by atoms with E-state index in [-0.39, 0.29) is 28.2 Å². The highest BCUT2D eigenvalue weighted by atomic mass is 35.5. The van der Waals surface area contributed by atoms with Crippen molar-refractivity contribution in [2.45, 2.75) is 19.4 Å². The van der Waals surface area contributed by atoms with Crippen molar-refractivity contribution in [1.29, 1.82) is 0 Å². The van der Waals surface area contributed by atoms with Gasteiger partial charge >= 0.3 is 0 Å². The molecule has 0 N–H and O–H groups in total.